The molecule has 0 aromatic heterocycles. The van der Waals surface area contributed by atoms with Gasteiger partial charge in [-0.1, -0.05) is 27.2 Å². The topological polar surface area (TPSA) is 23.6 Å². The molecule has 0 radical (unpaired) electrons. The molecule has 0 amide bonds. The van der Waals surface area contributed by atoms with Gasteiger partial charge in [-0.15, -0.1) is 0 Å². The molecule has 3 nitrogen and oxygen atoms in total. The van der Waals surface area contributed by atoms with E-state index in [1.165, 1.54) is 38.8 Å². The molecule has 1 atom stereocenters. The first-order valence-corrected chi connectivity index (χ1v) is 7.46. The molecule has 0 N–H and O–H groups in total. The van der Waals surface area contributed by atoms with Gasteiger partial charge in [0.2, 0.25) is 0 Å². The number of rotatable bonds is 3. The van der Waals surface area contributed by atoms with Crippen LogP contribution in [0.15, 0.2) is 0 Å². The highest BCUT2D eigenvalue weighted by Crippen LogP contribution is 2.22. The highest BCUT2D eigenvalue weighted by atomic mass is 16.1. The Morgan fingerprint density at radius 1 is 1.11 bits per heavy atom. The van der Waals surface area contributed by atoms with Crippen LogP contribution in [0, 0.1) is 5.41 Å². The SMILES string of the molecule is CC(C)(C)C(=O)CN1CCC(N2CCCCC2)C1. The molecule has 0 aromatic carbocycles. The fourth-order valence-corrected chi connectivity index (χ4v) is 2.98. The van der Waals surface area contributed by atoms with Crippen molar-refractivity contribution in [1.29, 1.82) is 0 Å². The third kappa shape index (κ3) is 3.55. The molecule has 2 aliphatic rings. The largest absolute Gasteiger partial charge is 0.299 e. The summed E-state index contributed by atoms with van der Waals surface area (Å²) in [4.78, 5) is 17.0. The van der Waals surface area contributed by atoms with Gasteiger partial charge in [-0.25, -0.2) is 0 Å². The number of nitrogens with zero attached hydrogens (tertiary/aromatic N) is 2. The highest BCUT2D eigenvalue weighted by molar-refractivity contribution is 5.85. The van der Waals surface area contributed by atoms with Gasteiger partial charge in [0.1, 0.15) is 0 Å². The molecule has 2 heterocycles. The summed E-state index contributed by atoms with van der Waals surface area (Å²) < 4.78 is 0. The molecule has 2 saturated heterocycles. The van der Waals surface area contributed by atoms with Crippen molar-refractivity contribution in [3.63, 3.8) is 0 Å². The fraction of sp³-hybridized carbons (Fsp3) is 0.933. The second kappa shape index (κ2) is 5.70. The lowest BCUT2D eigenvalue weighted by Crippen LogP contribution is -2.42. The first kappa shape index (κ1) is 14.0. The van der Waals surface area contributed by atoms with Crippen LogP contribution in [0.2, 0.25) is 0 Å². The van der Waals surface area contributed by atoms with Gasteiger partial charge in [-0.05, 0) is 32.4 Å². The summed E-state index contributed by atoms with van der Waals surface area (Å²) >= 11 is 0. The molecule has 1 unspecified atom stereocenters. The molecule has 104 valence electrons. The van der Waals surface area contributed by atoms with Gasteiger partial charge in [-0.3, -0.25) is 14.6 Å². The van der Waals surface area contributed by atoms with Crippen molar-refractivity contribution in [2.24, 2.45) is 5.41 Å². The molecule has 3 heteroatoms. The van der Waals surface area contributed by atoms with Gasteiger partial charge in [0, 0.05) is 24.5 Å². The summed E-state index contributed by atoms with van der Waals surface area (Å²) in [6.07, 6.45) is 5.36. The summed E-state index contributed by atoms with van der Waals surface area (Å²) in [5.74, 6) is 0.377. The van der Waals surface area contributed by atoms with Gasteiger partial charge >= 0.3 is 0 Å². The van der Waals surface area contributed by atoms with Crippen molar-refractivity contribution in [3.8, 4) is 0 Å². The van der Waals surface area contributed by atoms with Crippen molar-refractivity contribution in [3.05, 3.63) is 0 Å². The standard InChI is InChI=1S/C15H28N2O/c1-15(2,3)14(18)12-16-10-7-13(11-16)17-8-5-4-6-9-17/h13H,4-12H2,1-3H3. The lowest BCUT2D eigenvalue weighted by molar-refractivity contribution is -0.127. The van der Waals surface area contributed by atoms with E-state index >= 15 is 0 Å². The van der Waals surface area contributed by atoms with E-state index in [1.807, 2.05) is 20.8 Å². The predicted octanol–water partition coefficient (Wildman–Crippen LogP) is 2.16. The minimum Gasteiger partial charge on any atom is -0.299 e. The predicted molar refractivity (Wildman–Crippen MR) is 74.7 cm³/mol. The molecule has 18 heavy (non-hydrogen) atoms. The van der Waals surface area contributed by atoms with Crippen molar-refractivity contribution in [2.45, 2.75) is 52.5 Å². The van der Waals surface area contributed by atoms with Crippen LogP contribution in [0.5, 0.6) is 0 Å². The summed E-state index contributed by atoms with van der Waals surface area (Å²) in [5, 5.41) is 0. The number of Topliss-reactive ketones (excluding diaryl/α,β-unsaturated/α-hetero) is 1. The normalized spacial score (nSPS) is 27.6. The molecule has 2 rings (SSSR count). The van der Waals surface area contributed by atoms with Crippen LogP contribution in [0.4, 0.5) is 0 Å². The first-order valence-electron chi connectivity index (χ1n) is 7.46. The van der Waals surface area contributed by atoms with Crippen LogP contribution in [0.3, 0.4) is 0 Å². The molecular weight excluding hydrogens is 224 g/mol. The van der Waals surface area contributed by atoms with E-state index in [9.17, 15) is 4.79 Å². The van der Waals surface area contributed by atoms with Crippen molar-refractivity contribution < 1.29 is 4.79 Å². The van der Waals surface area contributed by atoms with E-state index in [0.29, 0.717) is 18.4 Å². The number of likely N-dealkylation sites (tertiary alicyclic amines) is 2. The lowest BCUT2D eigenvalue weighted by atomic mass is 9.90. The van der Waals surface area contributed by atoms with Crippen LogP contribution >= 0.6 is 0 Å². The number of piperidine rings is 1. The molecule has 0 spiro atoms. The Morgan fingerprint density at radius 2 is 1.78 bits per heavy atom. The molecule has 2 aliphatic heterocycles. The maximum absolute atomic E-state index is 12.0. The number of hydrogen-bond acceptors (Lipinski definition) is 3. The van der Waals surface area contributed by atoms with Crippen LogP contribution in [-0.4, -0.2) is 54.3 Å². The van der Waals surface area contributed by atoms with E-state index in [0.717, 1.165) is 13.1 Å². The Morgan fingerprint density at radius 3 is 2.39 bits per heavy atom. The zero-order valence-corrected chi connectivity index (χ0v) is 12.2. The molecule has 0 bridgehead atoms. The third-order valence-electron chi connectivity index (χ3n) is 4.36. The smallest absolute Gasteiger partial charge is 0.152 e. The number of hydrogen-bond donors (Lipinski definition) is 0. The summed E-state index contributed by atoms with van der Waals surface area (Å²) in [6, 6.07) is 0.707. The van der Waals surface area contributed by atoms with Gasteiger partial charge in [0.05, 0.1) is 6.54 Å². The number of carbonyl (C=O) groups excluding carboxylic acids is 1. The monoisotopic (exact) mass is 252 g/mol. The fourth-order valence-electron chi connectivity index (χ4n) is 2.98. The average molecular weight is 252 g/mol. The first-order chi connectivity index (χ1) is 8.47. The summed E-state index contributed by atoms with van der Waals surface area (Å²) in [5.41, 5.74) is -0.191. The van der Waals surface area contributed by atoms with E-state index in [4.69, 9.17) is 0 Å². The van der Waals surface area contributed by atoms with Crippen molar-refractivity contribution >= 4 is 5.78 Å². The Bertz CT molecular complexity index is 289. The van der Waals surface area contributed by atoms with Gasteiger partial charge in [0.25, 0.3) is 0 Å². The van der Waals surface area contributed by atoms with E-state index < -0.39 is 0 Å². The summed E-state index contributed by atoms with van der Waals surface area (Å²) in [6.45, 7) is 11.4. The minimum absolute atomic E-state index is 0.191. The maximum atomic E-state index is 12.0. The maximum Gasteiger partial charge on any atom is 0.152 e. The summed E-state index contributed by atoms with van der Waals surface area (Å²) in [7, 11) is 0. The zero-order valence-electron chi connectivity index (χ0n) is 12.2. The van der Waals surface area contributed by atoms with Gasteiger partial charge in [-0.2, -0.15) is 0 Å². The van der Waals surface area contributed by atoms with E-state index in [1.54, 1.807) is 0 Å². The Balaban J connectivity index is 1.79. The molecule has 0 aromatic rings. The molecular formula is C15H28N2O. The van der Waals surface area contributed by atoms with E-state index in [2.05, 4.69) is 9.80 Å². The Labute approximate surface area is 112 Å². The average Bonchev–Trinajstić information content (AvgIpc) is 2.77. The molecule has 0 saturated carbocycles. The van der Waals surface area contributed by atoms with Crippen LogP contribution in [0.1, 0.15) is 46.5 Å². The lowest BCUT2D eigenvalue weighted by Gasteiger charge is -2.32. The quantitative estimate of drug-likeness (QED) is 0.769. The Kier molecular flexibility index (Phi) is 4.44. The second-order valence-corrected chi connectivity index (χ2v) is 6.95. The van der Waals surface area contributed by atoms with Gasteiger partial charge < -0.3 is 0 Å². The Hall–Kier alpha value is -0.410. The van der Waals surface area contributed by atoms with Crippen molar-refractivity contribution in [1.82, 2.24) is 9.80 Å². The van der Waals surface area contributed by atoms with E-state index in [-0.39, 0.29) is 5.41 Å². The minimum atomic E-state index is -0.191. The number of carbonyl (C=O) groups is 1. The second-order valence-electron chi connectivity index (χ2n) is 6.95. The van der Waals surface area contributed by atoms with Crippen LogP contribution in [0.25, 0.3) is 0 Å². The molecule has 2 fully saturated rings. The molecule has 0 aliphatic carbocycles. The highest BCUT2D eigenvalue weighted by Gasteiger charge is 2.31. The van der Waals surface area contributed by atoms with Crippen molar-refractivity contribution in [2.75, 3.05) is 32.7 Å². The number of ketones is 1. The van der Waals surface area contributed by atoms with Crippen LogP contribution < -0.4 is 0 Å². The zero-order chi connectivity index (χ0) is 13.2. The van der Waals surface area contributed by atoms with Gasteiger partial charge in [0.15, 0.2) is 5.78 Å². The van der Waals surface area contributed by atoms with Crippen LogP contribution in [-0.2, 0) is 4.79 Å². The third-order valence-corrected chi connectivity index (χ3v) is 4.36.